The number of amides is 3. The Morgan fingerprint density at radius 2 is 2.05 bits per heavy atom. The molecule has 1 rings (SSSR count). The van der Waals surface area contributed by atoms with Gasteiger partial charge in [-0.15, -0.1) is 0 Å². The Morgan fingerprint density at radius 1 is 1.38 bits per heavy atom. The first-order valence-corrected chi connectivity index (χ1v) is 6.93. The second-order valence-corrected chi connectivity index (χ2v) is 5.38. The number of hydrogen-bond donors (Lipinski definition) is 3. The molecule has 0 saturated carbocycles. The van der Waals surface area contributed by atoms with E-state index in [4.69, 9.17) is 4.52 Å². The van der Waals surface area contributed by atoms with Gasteiger partial charge in [0, 0.05) is 6.54 Å². The molecular weight excluding hydrogens is 274 g/mol. The molecule has 0 aromatic carbocycles. The smallest absolute Gasteiger partial charge is 0.315 e. The number of hydrogen-bond acceptors (Lipinski definition) is 5. The molecule has 8 nitrogen and oxygen atoms in total. The molecule has 0 radical (unpaired) electrons. The van der Waals surface area contributed by atoms with Gasteiger partial charge in [-0.1, -0.05) is 12.1 Å². The topological polar surface area (TPSA) is 109 Å². The van der Waals surface area contributed by atoms with Crippen LogP contribution in [0.25, 0.3) is 0 Å². The SMILES string of the molecule is CCCNC(=O)NC(C)(C)C(=O)NC(C)c1nc(C)no1. The average Bonchev–Trinajstić information content (AvgIpc) is 2.82. The Labute approximate surface area is 124 Å². The largest absolute Gasteiger partial charge is 0.343 e. The molecule has 1 aromatic heterocycles. The van der Waals surface area contributed by atoms with Gasteiger partial charge < -0.3 is 20.5 Å². The Hall–Kier alpha value is -2.12. The van der Waals surface area contributed by atoms with E-state index in [1.807, 2.05) is 6.92 Å². The molecule has 118 valence electrons. The summed E-state index contributed by atoms with van der Waals surface area (Å²) in [6, 6.07) is -0.809. The molecule has 0 aliphatic rings. The van der Waals surface area contributed by atoms with E-state index in [1.165, 1.54) is 0 Å². The van der Waals surface area contributed by atoms with E-state index >= 15 is 0 Å². The molecule has 1 heterocycles. The number of urea groups is 1. The minimum absolute atomic E-state index is 0.326. The van der Waals surface area contributed by atoms with Gasteiger partial charge in [-0.05, 0) is 34.1 Å². The van der Waals surface area contributed by atoms with Crippen molar-refractivity contribution >= 4 is 11.9 Å². The second-order valence-electron chi connectivity index (χ2n) is 5.38. The van der Waals surface area contributed by atoms with Crippen LogP contribution in [0, 0.1) is 6.92 Å². The third-order valence-corrected chi connectivity index (χ3v) is 2.79. The van der Waals surface area contributed by atoms with Gasteiger partial charge in [0.1, 0.15) is 11.6 Å². The van der Waals surface area contributed by atoms with E-state index in [9.17, 15) is 9.59 Å². The zero-order valence-corrected chi connectivity index (χ0v) is 13.1. The molecule has 0 aliphatic heterocycles. The molecule has 0 bridgehead atoms. The van der Waals surface area contributed by atoms with Crippen molar-refractivity contribution < 1.29 is 14.1 Å². The van der Waals surface area contributed by atoms with Crippen LogP contribution in [-0.2, 0) is 4.79 Å². The van der Waals surface area contributed by atoms with Gasteiger partial charge in [-0.2, -0.15) is 4.98 Å². The van der Waals surface area contributed by atoms with E-state index in [1.54, 1.807) is 27.7 Å². The summed E-state index contributed by atoms with van der Waals surface area (Å²) in [5, 5.41) is 11.7. The van der Waals surface area contributed by atoms with E-state index in [2.05, 4.69) is 26.1 Å². The van der Waals surface area contributed by atoms with Crippen LogP contribution in [0.5, 0.6) is 0 Å². The number of carbonyl (C=O) groups excluding carboxylic acids is 2. The number of aromatic nitrogens is 2. The maximum absolute atomic E-state index is 12.2. The van der Waals surface area contributed by atoms with Crippen LogP contribution >= 0.6 is 0 Å². The number of rotatable bonds is 6. The third kappa shape index (κ3) is 5.05. The van der Waals surface area contributed by atoms with Gasteiger partial charge in [0.2, 0.25) is 11.8 Å². The van der Waals surface area contributed by atoms with Crippen LogP contribution in [0.4, 0.5) is 4.79 Å². The molecular formula is C13H23N5O3. The highest BCUT2D eigenvalue weighted by atomic mass is 16.5. The molecule has 1 atom stereocenters. The Kier molecular flexibility index (Phi) is 5.69. The number of nitrogens with one attached hydrogen (secondary N) is 3. The van der Waals surface area contributed by atoms with Gasteiger partial charge in [0.15, 0.2) is 5.82 Å². The van der Waals surface area contributed by atoms with E-state index in [-0.39, 0.29) is 11.9 Å². The van der Waals surface area contributed by atoms with Crippen LogP contribution in [0.1, 0.15) is 51.9 Å². The molecule has 3 N–H and O–H groups in total. The summed E-state index contributed by atoms with van der Waals surface area (Å²) in [7, 11) is 0. The predicted molar refractivity (Wildman–Crippen MR) is 76.5 cm³/mol. The summed E-state index contributed by atoms with van der Waals surface area (Å²) in [4.78, 5) is 27.9. The first kappa shape index (κ1) is 16.9. The average molecular weight is 297 g/mol. The Balaban J connectivity index is 2.58. The van der Waals surface area contributed by atoms with Gasteiger partial charge in [-0.25, -0.2) is 4.79 Å². The molecule has 0 fully saturated rings. The molecule has 0 saturated heterocycles. The fourth-order valence-electron chi connectivity index (χ4n) is 1.55. The van der Waals surface area contributed by atoms with Crippen molar-refractivity contribution in [3.63, 3.8) is 0 Å². The lowest BCUT2D eigenvalue weighted by atomic mass is 10.0. The van der Waals surface area contributed by atoms with Crippen molar-refractivity contribution in [1.82, 2.24) is 26.1 Å². The zero-order valence-electron chi connectivity index (χ0n) is 13.1. The minimum Gasteiger partial charge on any atom is -0.343 e. The van der Waals surface area contributed by atoms with Crippen molar-refractivity contribution in [2.45, 2.75) is 52.6 Å². The molecule has 1 aromatic rings. The van der Waals surface area contributed by atoms with Crippen LogP contribution in [0.3, 0.4) is 0 Å². The summed E-state index contributed by atoms with van der Waals surface area (Å²) in [6.45, 7) is 9.19. The first-order chi connectivity index (χ1) is 9.76. The number of nitrogens with zero attached hydrogens (tertiary/aromatic N) is 2. The van der Waals surface area contributed by atoms with Gasteiger partial charge in [0.25, 0.3) is 0 Å². The van der Waals surface area contributed by atoms with E-state index < -0.39 is 11.6 Å². The van der Waals surface area contributed by atoms with Crippen molar-refractivity contribution in [1.29, 1.82) is 0 Å². The molecule has 8 heteroatoms. The lowest BCUT2D eigenvalue weighted by molar-refractivity contribution is -0.126. The van der Waals surface area contributed by atoms with Crippen LogP contribution < -0.4 is 16.0 Å². The van der Waals surface area contributed by atoms with Gasteiger partial charge in [0.05, 0.1) is 0 Å². The maximum atomic E-state index is 12.2. The monoisotopic (exact) mass is 297 g/mol. The predicted octanol–water partition coefficient (Wildman–Crippen LogP) is 1.04. The van der Waals surface area contributed by atoms with Crippen LogP contribution in [0.2, 0.25) is 0 Å². The van der Waals surface area contributed by atoms with Crippen molar-refractivity contribution in [2.75, 3.05) is 6.54 Å². The lowest BCUT2D eigenvalue weighted by Gasteiger charge is -2.26. The fourth-order valence-corrected chi connectivity index (χ4v) is 1.55. The van der Waals surface area contributed by atoms with Crippen molar-refractivity contribution in [3.8, 4) is 0 Å². The number of aryl methyl sites for hydroxylation is 1. The summed E-state index contributed by atoms with van der Waals surface area (Å²) in [5.74, 6) is 0.493. The van der Waals surface area contributed by atoms with Gasteiger partial charge >= 0.3 is 6.03 Å². The molecule has 1 unspecified atom stereocenters. The maximum Gasteiger partial charge on any atom is 0.315 e. The van der Waals surface area contributed by atoms with Crippen LogP contribution in [-0.4, -0.2) is 34.2 Å². The summed E-state index contributed by atoms with van der Waals surface area (Å²) < 4.78 is 5.00. The first-order valence-electron chi connectivity index (χ1n) is 6.93. The van der Waals surface area contributed by atoms with E-state index in [0.717, 1.165) is 6.42 Å². The molecule has 0 spiro atoms. The zero-order chi connectivity index (χ0) is 16.0. The highest BCUT2D eigenvalue weighted by Crippen LogP contribution is 2.11. The number of carbonyl (C=O) groups is 2. The highest BCUT2D eigenvalue weighted by molar-refractivity contribution is 5.90. The van der Waals surface area contributed by atoms with Crippen molar-refractivity contribution in [3.05, 3.63) is 11.7 Å². The third-order valence-electron chi connectivity index (χ3n) is 2.79. The summed E-state index contributed by atoms with van der Waals surface area (Å²) in [5.41, 5.74) is -1.05. The molecule has 3 amide bonds. The van der Waals surface area contributed by atoms with Gasteiger partial charge in [-0.3, -0.25) is 4.79 Å². The second kappa shape index (κ2) is 7.05. The molecule has 0 aliphatic carbocycles. The highest BCUT2D eigenvalue weighted by Gasteiger charge is 2.31. The fraction of sp³-hybridized carbons (Fsp3) is 0.692. The lowest BCUT2D eigenvalue weighted by Crippen LogP contribution is -2.57. The Bertz CT molecular complexity index is 498. The Morgan fingerprint density at radius 3 is 2.57 bits per heavy atom. The van der Waals surface area contributed by atoms with E-state index in [0.29, 0.717) is 18.3 Å². The van der Waals surface area contributed by atoms with Crippen LogP contribution in [0.15, 0.2) is 4.52 Å². The minimum atomic E-state index is -1.05. The summed E-state index contributed by atoms with van der Waals surface area (Å²) in [6.07, 6.45) is 0.827. The standard InChI is InChI=1S/C13H23N5O3/c1-6-7-14-12(20)17-13(4,5)11(19)15-8(2)10-16-9(3)18-21-10/h8H,6-7H2,1-5H3,(H,15,19)(H2,14,17,20). The summed E-state index contributed by atoms with van der Waals surface area (Å²) >= 11 is 0. The quantitative estimate of drug-likeness (QED) is 0.727. The molecule has 21 heavy (non-hydrogen) atoms. The normalized spacial score (nSPS) is 12.6. The van der Waals surface area contributed by atoms with Crippen molar-refractivity contribution in [2.24, 2.45) is 0 Å².